The van der Waals surface area contributed by atoms with Gasteiger partial charge in [-0.2, -0.15) is 0 Å². The lowest BCUT2D eigenvalue weighted by Gasteiger charge is -2.18. The lowest BCUT2D eigenvalue weighted by molar-refractivity contribution is 0.267. The van der Waals surface area contributed by atoms with E-state index in [0.717, 1.165) is 33.9 Å². The molecular weight excluding hydrogens is 406 g/mol. The van der Waals surface area contributed by atoms with Crippen molar-refractivity contribution in [1.82, 2.24) is 0 Å². The molecule has 3 nitrogen and oxygen atoms in total. The van der Waals surface area contributed by atoms with Crippen LogP contribution in [0.4, 0.5) is 5.69 Å². The Morgan fingerprint density at radius 3 is 2.45 bits per heavy atom. The average molecular weight is 436 g/mol. The topological polar surface area (TPSA) is 30.5 Å². The number of hydrogen-bond acceptors (Lipinski definition) is 3. The maximum absolute atomic E-state index is 6.22. The second kappa shape index (κ2) is 10.9. The Labute approximate surface area is 190 Å². The molecule has 0 aliphatic carbocycles. The van der Waals surface area contributed by atoms with Crippen molar-refractivity contribution in [2.45, 2.75) is 40.3 Å². The van der Waals surface area contributed by atoms with Gasteiger partial charge in [0.05, 0.1) is 6.61 Å². The van der Waals surface area contributed by atoms with E-state index in [1.54, 1.807) is 0 Å². The second-order valence-electron chi connectivity index (χ2n) is 7.60. The van der Waals surface area contributed by atoms with Crippen molar-refractivity contribution < 1.29 is 9.47 Å². The first-order valence-corrected chi connectivity index (χ1v) is 11.0. The van der Waals surface area contributed by atoms with Crippen molar-refractivity contribution in [1.29, 1.82) is 0 Å². The van der Waals surface area contributed by atoms with Crippen LogP contribution in [0.5, 0.6) is 11.5 Å². The van der Waals surface area contributed by atoms with Gasteiger partial charge in [0, 0.05) is 22.8 Å². The molecule has 0 aliphatic rings. The number of nitrogens with one attached hydrogen (secondary N) is 1. The summed E-state index contributed by atoms with van der Waals surface area (Å²) < 4.78 is 12.2. The quantitative estimate of drug-likeness (QED) is 0.339. The third-order valence-corrected chi connectivity index (χ3v) is 5.28. The first-order chi connectivity index (χ1) is 15.0. The standard InChI is InChI=1S/C27H30ClNO2/c1-5-7-23-15-22(17-29-25-14-19(3)8-9-20(25)4)16-26(30-6-2)27(23)31-18-21-10-12-24(28)13-11-21/h5,8-16,29H,1,6-7,17-18H2,2-4H3. The molecule has 0 fully saturated rings. The number of hydrogen-bond donors (Lipinski definition) is 1. The predicted octanol–water partition coefficient (Wildman–Crippen LogP) is 7.28. The lowest BCUT2D eigenvalue weighted by Crippen LogP contribution is -2.06. The largest absolute Gasteiger partial charge is 0.490 e. The van der Waals surface area contributed by atoms with E-state index in [4.69, 9.17) is 21.1 Å². The Morgan fingerprint density at radius 2 is 1.74 bits per heavy atom. The van der Waals surface area contributed by atoms with Gasteiger partial charge in [0.15, 0.2) is 11.5 Å². The molecule has 1 N–H and O–H groups in total. The van der Waals surface area contributed by atoms with Crippen molar-refractivity contribution in [3.63, 3.8) is 0 Å². The van der Waals surface area contributed by atoms with E-state index in [0.29, 0.717) is 31.2 Å². The molecule has 162 valence electrons. The Kier molecular flexibility index (Phi) is 8.02. The van der Waals surface area contributed by atoms with Gasteiger partial charge in [-0.3, -0.25) is 0 Å². The Morgan fingerprint density at radius 1 is 0.968 bits per heavy atom. The molecule has 0 heterocycles. The molecule has 0 aromatic heterocycles. The number of halogens is 1. The van der Waals surface area contributed by atoms with Gasteiger partial charge >= 0.3 is 0 Å². The van der Waals surface area contributed by atoms with Crippen LogP contribution < -0.4 is 14.8 Å². The predicted molar refractivity (Wildman–Crippen MR) is 131 cm³/mol. The van der Waals surface area contributed by atoms with E-state index >= 15 is 0 Å². The smallest absolute Gasteiger partial charge is 0.165 e. The minimum absolute atomic E-state index is 0.446. The Balaban J connectivity index is 1.85. The molecule has 0 saturated heterocycles. The third-order valence-electron chi connectivity index (χ3n) is 5.03. The molecule has 0 amide bonds. The summed E-state index contributed by atoms with van der Waals surface area (Å²) in [7, 11) is 0. The van der Waals surface area contributed by atoms with Crippen LogP contribution in [0.15, 0.2) is 67.3 Å². The molecule has 0 unspecified atom stereocenters. The van der Waals surface area contributed by atoms with Crippen molar-refractivity contribution in [2.24, 2.45) is 0 Å². The van der Waals surface area contributed by atoms with E-state index < -0.39 is 0 Å². The van der Waals surface area contributed by atoms with E-state index in [-0.39, 0.29) is 0 Å². The molecule has 3 rings (SSSR count). The van der Waals surface area contributed by atoms with E-state index in [1.807, 2.05) is 37.3 Å². The summed E-state index contributed by atoms with van der Waals surface area (Å²) in [5.41, 5.74) is 6.86. The van der Waals surface area contributed by atoms with Gasteiger partial charge in [-0.05, 0) is 79.8 Å². The zero-order valence-electron chi connectivity index (χ0n) is 18.5. The number of anilines is 1. The highest BCUT2D eigenvalue weighted by atomic mass is 35.5. The number of aryl methyl sites for hydroxylation is 2. The first-order valence-electron chi connectivity index (χ1n) is 10.6. The number of allylic oxidation sites excluding steroid dienone is 1. The normalized spacial score (nSPS) is 10.6. The summed E-state index contributed by atoms with van der Waals surface area (Å²) in [5, 5.41) is 4.27. The van der Waals surface area contributed by atoms with Crippen LogP contribution >= 0.6 is 11.6 Å². The van der Waals surface area contributed by atoms with Crippen LogP contribution in [-0.2, 0) is 19.6 Å². The fraction of sp³-hybridized carbons (Fsp3) is 0.259. The van der Waals surface area contributed by atoms with Crippen molar-refractivity contribution in [2.75, 3.05) is 11.9 Å². The molecule has 31 heavy (non-hydrogen) atoms. The fourth-order valence-electron chi connectivity index (χ4n) is 3.42. The number of rotatable bonds is 10. The van der Waals surface area contributed by atoms with Crippen LogP contribution in [0.2, 0.25) is 5.02 Å². The molecular formula is C27H30ClNO2. The maximum Gasteiger partial charge on any atom is 0.165 e. The van der Waals surface area contributed by atoms with Crippen LogP contribution in [0.1, 0.15) is 34.7 Å². The van der Waals surface area contributed by atoms with Crippen molar-refractivity contribution in [3.8, 4) is 11.5 Å². The molecule has 0 spiro atoms. The summed E-state index contributed by atoms with van der Waals surface area (Å²) >= 11 is 5.99. The van der Waals surface area contributed by atoms with Gasteiger partial charge in [-0.1, -0.05) is 41.9 Å². The zero-order valence-corrected chi connectivity index (χ0v) is 19.3. The molecule has 0 atom stereocenters. The fourth-order valence-corrected chi connectivity index (χ4v) is 3.54. The van der Waals surface area contributed by atoms with Gasteiger partial charge in [0.2, 0.25) is 0 Å². The minimum Gasteiger partial charge on any atom is -0.490 e. The summed E-state index contributed by atoms with van der Waals surface area (Å²) in [6.45, 7) is 11.8. The molecule has 0 radical (unpaired) electrons. The second-order valence-corrected chi connectivity index (χ2v) is 8.03. The van der Waals surface area contributed by atoms with Gasteiger partial charge in [0.1, 0.15) is 6.61 Å². The third kappa shape index (κ3) is 6.28. The molecule has 0 saturated carbocycles. The summed E-state index contributed by atoms with van der Waals surface area (Å²) in [6.07, 6.45) is 2.59. The molecule has 4 heteroatoms. The van der Waals surface area contributed by atoms with Crippen molar-refractivity contribution in [3.05, 3.63) is 100 Å². The highest BCUT2D eigenvalue weighted by Crippen LogP contribution is 2.35. The van der Waals surface area contributed by atoms with E-state index in [2.05, 4.69) is 56.1 Å². The number of ether oxygens (including phenoxy) is 2. The summed E-state index contributed by atoms with van der Waals surface area (Å²) in [4.78, 5) is 0. The van der Waals surface area contributed by atoms with Crippen LogP contribution in [0.25, 0.3) is 0 Å². The molecule has 3 aromatic carbocycles. The van der Waals surface area contributed by atoms with E-state index in [1.165, 1.54) is 11.1 Å². The maximum atomic E-state index is 6.22. The minimum atomic E-state index is 0.446. The highest BCUT2D eigenvalue weighted by molar-refractivity contribution is 6.30. The van der Waals surface area contributed by atoms with Gasteiger partial charge in [0.25, 0.3) is 0 Å². The Hall–Kier alpha value is -2.91. The van der Waals surface area contributed by atoms with E-state index in [9.17, 15) is 0 Å². The zero-order chi connectivity index (χ0) is 22.2. The first kappa shape index (κ1) is 22.8. The van der Waals surface area contributed by atoms with Crippen molar-refractivity contribution >= 4 is 17.3 Å². The van der Waals surface area contributed by atoms with Crippen LogP contribution in [0, 0.1) is 13.8 Å². The van der Waals surface area contributed by atoms with Gasteiger partial charge in [-0.15, -0.1) is 6.58 Å². The molecule has 3 aromatic rings. The molecule has 0 aliphatic heterocycles. The lowest BCUT2D eigenvalue weighted by atomic mass is 10.0. The SMILES string of the molecule is C=CCc1cc(CNc2cc(C)ccc2C)cc(OCC)c1OCc1ccc(Cl)cc1. The Bertz CT molecular complexity index is 1030. The van der Waals surface area contributed by atoms with Gasteiger partial charge in [-0.25, -0.2) is 0 Å². The summed E-state index contributed by atoms with van der Waals surface area (Å²) in [5.74, 6) is 1.53. The number of benzene rings is 3. The average Bonchev–Trinajstić information content (AvgIpc) is 2.75. The van der Waals surface area contributed by atoms with Crippen LogP contribution in [0.3, 0.4) is 0 Å². The van der Waals surface area contributed by atoms with Crippen LogP contribution in [-0.4, -0.2) is 6.61 Å². The molecule has 0 bridgehead atoms. The van der Waals surface area contributed by atoms with Gasteiger partial charge < -0.3 is 14.8 Å². The summed E-state index contributed by atoms with van der Waals surface area (Å²) in [6, 6.07) is 18.4. The monoisotopic (exact) mass is 435 g/mol. The highest BCUT2D eigenvalue weighted by Gasteiger charge is 2.14.